The first-order chi connectivity index (χ1) is 17.1. The van der Waals surface area contributed by atoms with E-state index in [1.165, 1.54) is 24.3 Å². The van der Waals surface area contributed by atoms with Crippen LogP contribution in [0.3, 0.4) is 0 Å². The van der Waals surface area contributed by atoms with Crippen LogP contribution in [0.2, 0.25) is 5.02 Å². The standard InChI is InChI=1S/C27H24ClF2N3O3/c1-27(2,16-5-12-22(35-3)23(13-16)36-4)24-15-31-25(33(24)19-9-6-17(29)7-10-19)26(34)32-21-11-8-18(30)14-20(21)28/h5-15H,1-4H3,(H,32,34). The van der Waals surface area contributed by atoms with E-state index in [0.29, 0.717) is 22.9 Å². The van der Waals surface area contributed by atoms with Crippen LogP contribution >= 0.6 is 11.6 Å². The smallest absolute Gasteiger partial charge is 0.292 e. The molecule has 3 aromatic carbocycles. The number of carbonyl (C=O) groups is 1. The van der Waals surface area contributed by atoms with Crippen LogP contribution in [0.5, 0.6) is 11.5 Å². The second-order valence-electron chi connectivity index (χ2n) is 8.55. The van der Waals surface area contributed by atoms with Crippen LogP contribution in [0.1, 0.15) is 35.7 Å². The van der Waals surface area contributed by atoms with Gasteiger partial charge in [-0.3, -0.25) is 9.36 Å². The van der Waals surface area contributed by atoms with Crippen molar-refractivity contribution in [1.82, 2.24) is 9.55 Å². The molecule has 0 atom stereocenters. The van der Waals surface area contributed by atoms with Crippen molar-refractivity contribution in [2.75, 3.05) is 19.5 Å². The molecule has 186 valence electrons. The van der Waals surface area contributed by atoms with Gasteiger partial charge in [0.05, 0.1) is 36.8 Å². The van der Waals surface area contributed by atoms with E-state index in [1.807, 2.05) is 26.0 Å². The van der Waals surface area contributed by atoms with E-state index in [0.717, 1.165) is 11.6 Å². The third kappa shape index (κ3) is 4.77. The Labute approximate surface area is 212 Å². The fourth-order valence-corrected chi connectivity index (χ4v) is 4.16. The van der Waals surface area contributed by atoms with Gasteiger partial charge in [-0.15, -0.1) is 0 Å². The van der Waals surface area contributed by atoms with E-state index < -0.39 is 23.0 Å². The number of hydrogen-bond donors (Lipinski definition) is 1. The highest BCUT2D eigenvalue weighted by Gasteiger charge is 2.32. The van der Waals surface area contributed by atoms with E-state index in [-0.39, 0.29) is 16.5 Å². The first-order valence-electron chi connectivity index (χ1n) is 11.0. The van der Waals surface area contributed by atoms with Crippen molar-refractivity contribution >= 4 is 23.2 Å². The molecule has 0 saturated heterocycles. The molecule has 6 nitrogen and oxygen atoms in total. The fraction of sp³-hybridized carbons (Fsp3) is 0.185. The molecular weight excluding hydrogens is 488 g/mol. The maximum absolute atomic E-state index is 13.7. The molecule has 0 radical (unpaired) electrons. The molecule has 1 N–H and O–H groups in total. The van der Waals surface area contributed by atoms with Gasteiger partial charge in [-0.25, -0.2) is 13.8 Å². The van der Waals surface area contributed by atoms with E-state index in [1.54, 1.807) is 43.2 Å². The summed E-state index contributed by atoms with van der Waals surface area (Å²) in [5.41, 5.74) is 1.63. The molecule has 0 unspecified atom stereocenters. The van der Waals surface area contributed by atoms with Crippen LogP contribution in [0.15, 0.2) is 66.9 Å². The van der Waals surface area contributed by atoms with Crippen LogP contribution in [-0.4, -0.2) is 29.7 Å². The van der Waals surface area contributed by atoms with Gasteiger partial charge in [0.1, 0.15) is 11.6 Å². The Morgan fingerprint density at radius 3 is 2.25 bits per heavy atom. The predicted molar refractivity (Wildman–Crippen MR) is 135 cm³/mol. The summed E-state index contributed by atoms with van der Waals surface area (Å²) in [5, 5.41) is 2.73. The molecule has 1 amide bonds. The number of methoxy groups -OCH3 is 2. The van der Waals surface area contributed by atoms with Crippen LogP contribution in [0.4, 0.5) is 14.5 Å². The van der Waals surface area contributed by atoms with Gasteiger partial charge in [0, 0.05) is 11.1 Å². The number of hydrogen-bond acceptors (Lipinski definition) is 4. The monoisotopic (exact) mass is 511 g/mol. The number of anilines is 1. The summed E-state index contributed by atoms with van der Waals surface area (Å²) in [7, 11) is 3.12. The van der Waals surface area contributed by atoms with E-state index in [9.17, 15) is 13.6 Å². The number of imidazole rings is 1. The first-order valence-corrected chi connectivity index (χ1v) is 11.4. The molecule has 4 aromatic rings. The number of benzene rings is 3. The quantitative estimate of drug-likeness (QED) is 0.312. The molecule has 0 bridgehead atoms. The number of rotatable bonds is 7. The van der Waals surface area contributed by atoms with Crippen LogP contribution in [-0.2, 0) is 5.41 Å². The molecule has 1 heterocycles. The highest BCUT2D eigenvalue weighted by atomic mass is 35.5. The molecule has 9 heteroatoms. The van der Waals surface area contributed by atoms with Crippen molar-refractivity contribution in [3.63, 3.8) is 0 Å². The zero-order chi connectivity index (χ0) is 26.0. The average molecular weight is 512 g/mol. The predicted octanol–water partition coefficient (Wildman–Crippen LogP) is 6.40. The molecule has 0 fully saturated rings. The first kappa shape index (κ1) is 25.2. The van der Waals surface area contributed by atoms with Gasteiger partial charge in [0.15, 0.2) is 11.5 Å². The average Bonchev–Trinajstić information content (AvgIpc) is 3.32. The molecule has 36 heavy (non-hydrogen) atoms. The zero-order valence-corrected chi connectivity index (χ0v) is 20.9. The van der Waals surface area contributed by atoms with Crippen molar-refractivity contribution in [2.24, 2.45) is 0 Å². The number of ether oxygens (including phenoxy) is 2. The Morgan fingerprint density at radius 2 is 1.61 bits per heavy atom. The lowest BCUT2D eigenvalue weighted by Gasteiger charge is -2.28. The lowest BCUT2D eigenvalue weighted by molar-refractivity contribution is 0.101. The number of halogens is 3. The Balaban J connectivity index is 1.84. The van der Waals surface area contributed by atoms with Crippen LogP contribution < -0.4 is 14.8 Å². The molecule has 0 aliphatic rings. The summed E-state index contributed by atoms with van der Waals surface area (Å²) in [6.45, 7) is 3.95. The maximum Gasteiger partial charge on any atom is 0.292 e. The van der Waals surface area contributed by atoms with Gasteiger partial charge in [0.25, 0.3) is 5.91 Å². The van der Waals surface area contributed by atoms with Gasteiger partial charge >= 0.3 is 0 Å². The van der Waals surface area contributed by atoms with Crippen molar-refractivity contribution in [2.45, 2.75) is 19.3 Å². The molecule has 0 aliphatic heterocycles. The molecule has 0 spiro atoms. The number of nitrogens with zero attached hydrogens (tertiary/aromatic N) is 2. The van der Waals surface area contributed by atoms with Gasteiger partial charge in [0.2, 0.25) is 5.82 Å². The molecule has 1 aromatic heterocycles. The number of nitrogens with one attached hydrogen (secondary N) is 1. The lowest BCUT2D eigenvalue weighted by atomic mass is 9.81. The summed E-state index contributed by atoms with van der Waals surface area (Å²) in [5.74, 6) is -0.318. The minimum Gasteiger partial charge on any atom is -0.493 e. The molecular formula is C27H24ClF2N3O3. The largest absolute Gasteiger partial charge is 0.493 e. The van der Waals surface area contributed by atoms with Crippen molar-refractivity contribution in [1.29, 1.82) is 0 Å². The Bertz CT molecular complexity index is 1420. The number of amides is 1. The molecule has 4 rings (SSSR count). The van der Waals surface area contributed by atoms with E-state index in [2.05, 4.69) is 10.3 Å². The second kappa shape index (κ2) is 9.99. The van der Waals surface area contributed by atoms with Gasteiger partial charge in [-0.05, 0) is 60.2 Å². The Morgan fingerprint density at radius 1 is 0.944 bits per heavy atom. The lowest BCUT2D eigenvalue weighted by Crippen LogP contribution is -2.25. The summed E-state index contributed by atoms with van der Waals surface area (Å²) < 4.78 is 39.7. The Kier molecular flexibility index (Phi) is 6.99. The normalized spacial score (nSPS) is 11.3. The maximum atomic E-state index is 13.7. The van der Waals surface area contributed by atoms with Gasteiger partial charge in [-0.1, -0.05) is 31.5 Å². The third-order valence-corrected chi connectivity index (χ3v) is 6.29. The SMILES string of the molecule is COc1ccc(C(C)(C)c2cnc(C(=O)Nc3ccc(F)cc3Cl)n2-c2ccc(F)cc2)cc1OC. The van der Waals surface area contributed by atoms with E-state index in [4.69, 9.17) is 21.1 Å². The fourth-order valence-electron chi connectivity index (χ4n) is 3.95. The number of carbonyl (C=O) groups excluding carboxylic acids is 1. The van der Waals surface area contributed by atoms with Crippen LogP contribution in [0, 0.1) is 11.6 Å². The third-order valence-electron chi connectivity index (χ3n) is 5.97. The van der Waals surface area contributed by atoms with Crippen molar-refractivity contribution in [3.05, 3.63) is 101 Å². The highest BCUT2D eigenvalue weighted by molar-refractivity contribution is 6.33. The van der Waals surface area contributed by atoms with Crippen molar-refractivity contribution in [3.8, 4) is 17.2 Å². The van der Waals surface area contributed by atoms with Gasteiger partial charge in [-0.2, -0.15) is 0 Å². The highest BCUT2D eigenvalue weighted by Crippen LogP contribution is 2.38. The summed E-state index contributed by atoms with van der Waals surface area (Å²) in [6, 6.07) is 15.0. The minimum absolute atomic E-state index is 0.0468. The summed E-state index contributed by atoms with van der Waals surface area (Å²) >= 11 is 6.10. The summed E-state index contributed by atoms with van der Waals surface area (Å²) in [4.78, 5) is 17.7. The molecule has 0 aliphatic carbocycles. The second-order valence-corrected chi connectivity index (χ2v) is 8.96. The topological polar surface area (TPSA) is 65.4 Å². The van der Waals surface area contributed by atoms with Gasteiger partial charge < -0.3 is 14.8 Å². The Hall–Kier alpha value is -3.91. The van der Waals surface area contributed by atoms with E-state index >= 15 is 0 Å². The minimum atomic E-state index is -0.674. The summed E-state index contributed by atoms with van der Waals surface area (Å²) in [6.07, 6.45) is 1.60. The molecule has 0 saturated carbocycles. The van der Waals surface area contributed by atoms with Crippen LogP contribution in [0.25, 0.3) is 5.69 Å². The zero-order valence-electron chi connectivity index (χ0n) is 20.1. The number of aromatic nitrogens is 2. The van der Waals surface area contributed by atoms with Crippen molar-refractivity contribution < 1.29 is 23.0 Å².